The van der Waals surface area contributed by atoms with Crippen molar-refractivity contribution in [2.75, 3.05) is 13.7 Å². The number of carbonyl (C=O) groups excluding carboxylic acids is 2. The topological polar surface area (TPSA) is 120 Å². The smallest absolute Gasteiger partial charge is 0.265 e. The monoisotopic (exact) mass is 645 g/mol. The summed E-state index contributed by atoms with van der Waals surface area (Å²) in [4.78, 5) is 38.4. The number of benzene rings is 1. The third-order valence-electron chi connectivity index (χ3n) is 11.1. The lowest BCUT2D eigenvalue weighted by Gasteiger charge is -2.48. The molecule has 0 radical (unpaired) electrons. The summed E-state index contributed by atoms with van der Waals surface area (Å²) in [7, 11) is 3.38. The molecule has 12 heteroatoms. The van der Waals surface area contributed by atoms with Crippen LogP contribution in [0.2, 0.25) is 0 Å². The van der Waals surface area contributed by atoms with Crippen LogP contribution in [-0.2, 0) is 18.4 Å². The average Bonchev–Trinajstić information content (AvgIpc) is 3.64. The maximum Gasteiger partial charge on any atom is 0.265 e. The molecule has 4 fully saturated rings. The Morgan fingerprint density at radius 2 is 1.96 bits per heavy atom. The second kappa shape index (κ2) is 11.0. The number of nitrogens with zero attached hydrogens (tertiary/aromatic N) is 5. The van der Waals surface area contributed by atoms with Gasteiger partial charge in [0.2, 0.25) is 5.91 Å². The van der Waals surface area contributed by atoms with E-state index >= 15 is 8.78 Å². The predicted octanol–water partition coefficient (Wildman–Crippen LogP) is 5.18. The first kappa shape index (κ1) is 30.3. The first-order valence-electron chi connectivity index (χ1n) is 16.8. The number of piperidine rings is 2. The molecule has 0 spiro atoms. The van der Waals surface area contributed by atoms with Gasteiger partial charge in [0.05, 0.1) is 36.6 Å². The summed E-state index contributed by atoms with van der Waals surface area (Å²) >= 11 is 0. The third kappa shape index (κ3) is 5.15. The first-order chi connectivity index (χ1) is 22.5. The number of alkyl halides is 2. The van der Waals surface area contributed by atoms with Gasteiger partial charge in [-0.3, -0.25) is 9.59 Å². The van der Waals surface area contributed by atoms with Crippen LogP contribution >= 0.6 is 0 Å². The number of rotatable bonds is 3. The van der Waals surface area contributed by atoms with Crippen LogP contribution in [0.15, 0.2) is 30.3 Å². The van der Waals surface area contributed by atoms with Gasteiger partial charge >= 0.3 is 0 Å². The van der Waals surface area contributed by atoms with Crippen molar-refractivity contribution < 1.29 is 23.1 Å². The fraction of sp³-hybridized carbons (Fsp3) is 0.543. The summed E-state index contributed by atoms with van der Waals surface area (Å²) in [6, 6.07) is 8.66. The number of carbonyl (C=O) groups is 2. The zero-order chi connectivity index (χ0) is 32.8. The number of nitrogens with one attached hydrogen (secondary N) is 1. The quantitative estimate of drug-likeness (QED) is 0.317. The highest BCUT2D eigenvalue weighted by atomic mass is 19.3. The van der Waals surface area contributed by atoms with Crippen LogP contribution in [-0.4, -0.2) is 67.5 Å². The predicted molar refractivity (Wildman–Crippen MR) is 173 cm³/mol. The largest absolute Gasteiger partial charge is 0.494 e. The molecule has 3 aliphatic heterocycles. The molecule has 47 heavy (non-hydrogen) atoms. The first-order valence-corrected chi connectivity index (χ1v) is 16.8. The van der Waals surface area contributed by atoms with E-state index < -0.39 is 12.5 Å². The maximum absolute atomic E-state index is 15.7. The zero-order valence-corrected chi connectivity index (χ0v) is 27.0. The number of methoxy groups -OCH3 is 1. The maximum atomic E-state index is 15.7. The molecule has 2 amide bonds. The van der Waals surface area contributed by atoms with Gasteiger partial charge in [0.1, 0.15) is 16.9 Å². The average molecular weight is 646 g/mol. The Morgan fingerprint density at radius 1 is 1.13 bits per heavy atom. The Labute approximate surface area is 271 Å². The van der Waals surface area contributed by atoms with Crippen molar-refractivity contribution >= 4 is 33.9 Å². The van der Waals surface area contributed by atoms with Crippen LogP contribution in [0, 0.1) is 17.8 Å². The molecule has 4 aromatic rings. The van der Waals surface area contributed by atoms with E-state index in [1.54, 1.807) is 23.8 Å². The Morgan fingerprint density at radius 3 is 2.72 bits per heavy atom. The number of nitrogens with two attached hydrogens (primary N) is 1. The highest BCUT2D eigenvalue weighted by Crippen LogP contribution is 2.44. The van der Waals surface area contributed by atoms with Crippen LogP contribution in [0.1, 0.15) is 74.0 Å². The van der Waals surface area contributed by atoms with E-state index in [-0.39, 0.29) is 48.2 Å². The van der Waals surface area contributed by atoms with E-state index in [0.717, 1.165) is 25.7 Å². The fourth-order valence-corrected chi connectivity index (χ4v) is 8.41. The van der Waals surface area contributed by atoms with Gasteiger partial charge in [0.25, 0.3) is 11.8 Å². The number of hydrogen-bond donors (Lipinski definition) is 2. The Hall–Kier alpha value is -4.06. The number of pyridine rings is 1. The molecule has 2 aliphatic carbocycles. The molecule has 4 bridgehead atoms. The summed E-state index contributed by atoms with van der Waals surface area (Å²) in [6.07, 6.45) is 4.35. The van der Waals surface area contributed by atoms with E-state index in [9.17, 15) is 9.59 Å². The van der Waals surface area contributed by atoms with Crippen LogP contribution in [0.5, 0.6) is 5.75 Å². The minimum absolute atomic E-state index is 0.0130. The summed E-state index contributed by atoms with van der Waals surface area (Å²) in [5.41, 5.74) is 9.58. The van der Waals surface area contributed by atoms with Crippen molar-refractivity contribution in [3.8, 4) is 17.3 Å². The van der Waals surface area contributed by atoms with Crippen LogP contribution < -0.4 is 15.8 Å². The molecule has 10 nitrogen and oxygen atoms in total. The van der Waals surface area contributed by atoms with E-state index in [1.165, 1.54) is 0 Å². The zero-order valence-electron chi connectivity index (χ0n) is 27.0. The van der Waals surface area contributed by atoms with Gasteiger partial charge in [0, 0.05) is 49.0 Å². The van der Waals surface area contributed by atoms with Crippen molar-refractivity contribution in [2.45, 2.75) is 82.5 Å². The van der Waals surface area contributed by atoms with Gasteiger partial charge in [-0.05, 0) is 87.6 Å². The number of ether oxygens (including phenoxy) is 1. The number of imidazole rings is 1. The Kier molecular flexibility index (Phi) is 7.09. The molecule has 2 saturated carbocycles. The van der Waals surface area contributed by atoms with E-state index in [2.05, 4.69) is 5.32 Å². The van der Waals surface area contributed by atoms with Crippen LogP contribution in [0.3, 0.4) is 0 Å². The van der Waals surface area contributed by atoms with Gasteiger partial charge in [-0.15, -0.1) is 0 Å². The number of amides is 2. The minimum Gasteiger partial charge on any atom is -0.494 e. The highest BCUT2D eigenvalue weighted by Gasteiger charge is 2.44. The van der Waals surface area contributed by atoms with Crippen LogP contribution in [0.25, 0.3) is 33.6 Å². The lowest BCUT2D eigenvalue weighted by molar-refractivity contribution is -0.123. The van der Waals surface area contributed by atoms with E-state index in [0.29, 0.717) is 75.9 Å². The van der Waals surface area contributed by atoms with Gasteiger partial charge < -0.3 is 29.8 Å². The van der Waals surface area contributed by atoms with Crippen molar-refractivity contribution in [1.29, 1.82) is 0 Å². The number of aromatic nitrogens is 4. The third-order valence-corrected chi connectivity index (χ3v) is 11.1. The molecule has 5 aliphatic rings. The standard InChI is InChI=1S/C35H41F2N7O3/c1-18-25-8-7-21-14-28(44(31(21)40-25)17-35(36,37)10-4-5-20-12-23(20)33(45)39-18)32-41-26-13-22(15-29(47-3)30(26)42(32)2)34(46)43-16-19-6-9-27(43)24(38)11-19/h7-8,13-15,18-20,23-24,27H,4-6,9-12,16-17,38H2,1-3H3,(H,39,45)/t18-,19+,20-,23-,24-,27-/m1/s1. The number of hydrogen-bond acceptors (Lipinski definition) is 6. The van der Waals surface area contributed by atoms with Gasteiger partial charge in [-0.25, -0.2) is 18.7 Å². The molecule has 3 aromatic heterocycles. The SMILES string of the molecule is COc1cc(C(=O)N2C[C@H]3CC[C@@H]2[C@H](N)C3)cc2nc(-c3cc4ccc5nc4n3CC(F)(F)CCC[C@@H]3C[C@H]3C(=O)N[C@@H]5C)n(C)c12. The number of fused-ring (bicyclic) bond motifs is 6. The van der Waals surface area contributed by atoms with Crippen molar-refractivity contribution in [3.63, 3.8) is 0 Å². The van der Waals surface area contributed by atoms with Gasteiger partial charge in [-0.1, -0.05) is 0 Å². The highest BCUT2D eigenvalue weighted by molar-refractivity contribution is 6.00. The fourth-order valence-electron chi connectivity index (χ4n) is 8.41. The second-order valence-corrected chi connectivity index (χ2v) is 14.3. The lowest BCUT2D eigenvalue weighted by Crippen LogP contribution is -2.60. The van der Waals surface area contributed by atoms with Gasteiger partial charge in [-0.2, -0.15) is 0 Å². The molecule has 2 saturated heterocycles. The number of halogens is 2. The Balaban J connectivity index is 1.23. The van der Waals surface area contributed by atoms with Crippen molar-refractivity contribution in [2.24, 2.45) is 30.5 Å². The van der Waals surface area contributed by atoms with E-state index in [1.807, 2.05) is 41.6 Å². The molecule has 6 heterocycles. The normalized spacial score (nSPS) is 28.7. The van der Waals surface area contributed by atoms with Crippen LogP contribution in [0.4, 0.5) is 8.78 Å². The lowest BCUT2D eigenvalue weighted by atomic mass is 9.76. The molecule has 1 aromatic carbocycles. The second-order valence-electron chi connectivity index (χ2n) is 14.3. The molecule has 6 atom stereocenters. The molecule has 248 valence electrons. The molecular weight excluding hydrogens is 604 g/mol. The summed E-state index contributed by atoms with van der Waals surface area (Å²) in [5, 5.41) is 3.78. The number of aryl methyl sites for hydroxylation is 1. The van der Waals surface area contributed by atoms with Gasteiger partial charge in [0.15, 0.2) is 5.82 Å². The molecule has 0 unspecified atom stereocenters. The summed E-state index contributed by atoms with van der Waals surface area (Å²) in [5.74, 6) is -1.74. The van der Waals surface area contributed by atoms with Crippen molar-refractivity contribution in [3.05, 3.63) is 41.6 Å². The van der Waals surface area contributed by atoms with E-state index in [4.69, 9.17) is 20.4 Å². The molecule has 3 N–H and O–H groups in total. The van der Waals surface area contributed by atoms with Crippen molar-refractivity contribution in [1.82, 2.24) is 29.3 Å². The Bertz CT molecular complexity index is 1920. The summed E-state index contributed by atoms with van der Waals surface area (Å²) < 4.78 is 40.7. The summed E-state index contributed by atoms with van der Waals surface area (Å²) in [6.45, 7) is 2.01. The molecular formula is C35H41F2N7O3. The molecule has 9 rings (SSSR count). The minimum atomic E-state index is -3.00.